The minimum atomic E-state index is -1.02. The van der Waals surface area contributed by atoms with Crippen molar-refractivity contribution in [3.05, 3.63) is 29.3 Å². The molecule has 3 aliphatic rings. The van der Waals surface area contributed by atoms with E-state index in [2.05, 4.69) is 10.2 Å². The predicted octanol–water partition coefficient (Wildman–Crippen LogP) is 1.42. The van der Waals surface area contributed by atoms with E-state index in [1.165, 1.54) is 0 Å². The predicted molar refractivity (Wildman–Crippen MR) is 107 cm³/mol. The molecule has 1 aliphatic carbocycles. The number of nitrogens with one attached hydrogen (secondary N) is 1. The third kappa shape index (κ3) is 3.81. The van der Waals surface area contributed by atoms with Crippen LogP contribution in [0.4, 0.5) is 10.5 Å². The number of hydrogen-bond acceptors (Lipinski definition) is 5. The van der Waals surface area contributed by atoms with Crippen LogP contribution in [-0.4, -0.2) is 71.7 Å². The summed E-state index contributed by atoms with van der Waals surface area (Å²) in [6.45, 7) is 2.05. The molecule has 2 aliphatic heterocycles. The second kappa shape index (κ2) is 7.67. The topological polar surface area (TPSA) is 90.0 Å². The van der Waals surface area contributed by atoms with Crippen LogP contribution in [0.15, 0.2) is 24.3 Å². The van der Waals surface area contributed by atoms with E-state index in [1.807, 2.05) is 24.3 Å². The molecule has 29 heavy (non-hydrogen) atoms. The molecule has 4 amide bonds. The summed E-state index contributed by atoms with van der Waals surface area (Å²) in [7, 11) is 0. The molecule has 154 valence electrons. The number of anilines is 1. The Hall–Kier alpha value is -2.61. The van der Waals surface area contributed by atoms with Gasteiger partial charge >= 0.3 is 6.03 Å². The number of imide groups is 1. The molecule has 3 fully saturated rings. The molecule has 0 unspecified atom stereocenters. The van der Waals surface area contributed by atoms with E-state index in [0.29, 0.717) is 44.0 Å². The molecule has 0 aromatic heterocycles. The smallest absolute Gasteiger partial charge is 0.325 e. The number of carbonyl (C=O) groups excluding carboxylic acids is 4. The highest BCUT2D eigenvalue weighted by molar-refractivity contribution is 6.30. The van der Waals surface area contributed by atoms with Crippen LogP contribution >= 0.6 is 11.6 Å². The van der Waals surface area contributed by atoms with E-state index in [9.17, 15) is 19.2 Å². The molecule has 0 radical (unpaired) electrons. The van der Waals surface area contributed by atoms with Gasteiger partial charge in [-0.15, -0.1) is 0 Å². The first-order valence-corrected chi connectivity index (χ1v) is 10.2. The molecule has 1 aromatic carbocycles. The highest BCUT2D eigenvalue weighted by Crippen LogP contribution is 2.32. The molecular weight excluding hydrogens is 396 g/mol. The molecule has 1 N–H and O–H groups in total. The minimum absolute atomic E-state index is 0.102. The van der Waals surface area contributed by atoms with Crippen LogP contribution in [0.3, 0.4) is 0 Å². The number of piperazine rings is 1. The first kappa shape index (κ1) is 19.7. The van der Waals surface area contributed by atoms with Gasteiger partial charge in [0.25, 0.3) is 5.91 Å². The van der Waals surface area contributed by atoms with Gasteiger partial charge in [0.15, 0.2) is 0 Å². The summed E-state index contributed by atoms with van der Waals surface area (Å²) in [6.07, 6.45) is 1.16. The molecule has 1 spiro atoms. The quantitative estimate of drug-likeness (QED) is 0.750. The number of halogens is 1. The lowest BCUT2D eigenvalue weighted by Gasteiger charge is -2.36. The average Bonchev–Trinajstić information content (AvgIpc) is 2.94. The molecule has 8 nitrogen and oxygen atoms in total. The fourth-order valence-electron chi connectivity index (χ4n) is 4.24. The van der Waals surface area contributed by atoms with Gasteiger partial charge in [-0.3, -0.25) is 19.3 Å². The van der Waals surface area contributed by atoms with Crippen LogP contribution < -0.4 is 10.2 Å². The maximum atomic E-state index is 12.8. The van der Waals surface area contributed by atoms with Crippen LogP contribution in [0.2, 0.25) is 5.02 Å². The van der Waals surface area contributed by atoms with Crippen molar-refractivity contribution in [3.63, 3.8) is 0 Å². The number of carbonyl (C=O) groups is 4. The summed E-state index contributed by atoms with van der Waals surface area (Å²) in [5, 5.41) is 3.39. The van der Waals surface area contributed by atoms with E-state index >= 15 is 0 Å². The maximum absolute atomic E-state index is 12.8. The van der Waals surface area contributed by atoms with Crippen LogP contribution in [-0.2, 0) is 14.4 Å². The first-order valence-electron chi connectivity index (χ1n) is 9.82. The average molecular weight is 419 g/mol. The Bertz CT molecular complexity index is 856. The summed E-state index contributed by atoms with van der Waals surface area (Å²) in [5.41, 5.74) is -0.0104. The Labute approximate surface area is 173 Å². The number of hydrogen-bond donors (Lipinski definition) is 1. The highest BCUT2D eigenvalue weighted by atomic mass is 35.5. The number of nitrogens with zero attached hydrogens (tertiary/aromatic N) is 3. The van der Waals surface area contributed by atoms with E-state index in [0.717, 1.165) is 10.6 Å². The third-order valence-corrected chi connectivity index (χ3v) is 6.24. The first-order chi connectivity index (χ1) is 13.9. The van der Waals surface area contributed by atoms with Crippen LogP contribution in [0, 0.1) is 0 Å². The normalized spacial score (nSPS) is 21.7. The summed E-state index contributed by atoms with van der Waals surface area (Å²) in [5.74, 6) is -0.533. The standard InChI is InChI=1S/C20H23ClN4O4/c21-14-2-1-3-15(12-14)23-8-10-24(11-9-23)17(27)13-25-18(28)20(22-19(25)29)6-4-16(26)5-7-20/h1-3,12H,4-11,13H2,(H,22,29). The summed E-state index contributed by atoms with van der Waals surface area (Å²) < 4.78 is 0. The van der Waals surface area contributed by atoms with Crippen molar-refractivity contribution in [1.29, 1.82) is 0 Å². The van der Waals surface area contributed by atoms with E-state index in [4.69, 9.17) is 11.6 Å². The van der Waals surface area contributed by atoms with Gasteiger partial charge in [-0.1, -0.05) is 17.7 Å². The molecule has 1 aromatic rings. The molecule has 4 rings (SSSR count). The Morgan fingerprint density at radius 3 is 2.41 bits per heavy atom. The summed E-state index contributed by atoms with van der Waals surface area (Å²) in [6, 6.07) is 7.03. The van der Waals surface area contributed by atoms with E-state index in [1.54, 1.807) is 4.90 Å². The fourth-order valence-corrected chi connectivity index (χ4v) is 4.42. The number of urea groups is 1. The summed E-state index contributed by atoms with van der Waals surface area (Å²) >= 11 is 6.05. The van der Waals surface area contributed by atoms with Crippen molar-refractivity contribution in [2.45, 2.75) is 31.2 Å². The monoisotopic (exact) mass is 418 g/mol. The number of benzene rings is 1. The summed E-state index contributed by atoms with van der Waals surface area (Å²) in [4.78, 5) is 54.2. The van der Waals surface area contributed by atoms with E-state index < -0.39 is 11.6 Å². The van der Waals surface area contributed by atoms with Gasteiger partial charge in [-0.05, 0) is 31.0 Å². The van der Waals surface area contributed by atoms with Crippen molar-refractivity contribution in [3.8, 4) is 0 Å². The lowest BCUT2D eigenvalue weighted by atomic mass is 9.81. The third-order valence-electron chi connectivity index (χ3n) is 6.01. The second-order valence-electron chi connectivity index (χ2n) is 7.79. The van der Waals surface area contributed by atoms with Crippen LogP contribution in [0.1, 0.15) is 25.7 Å². The van der Waals surface area contributed by atoms with Gasteiger partial charge in [0, 0.05) is 49.7 Å². The number of amides is 4. The minimum Gasteiger partial charge on any atom is -0.368 e. The van der Waals surface area contributed by atoms with Gasteiger partial charge < -0.3 is 15.1 Å². The van der Waals surface area contributed by atoms with Crippen molar-refractivity contribution in [2.24, 2.45) is 0 Å². The van der Waals surface area contributed by atoms with Gasteiger partial charge in [0.1, 0.15) is 17.9 Å². The Kier molecular flexibility index (Phi) is 5.21. The second-order valence-corrected chi connectivity index (χ2v) is 8.23. The zero-order valence-corrected chi connectivity index (χ0v) is 16.8. The molecule has 2 heterocycles. The molecule has 2 saturated heterocycles. The molecule has 0 bridgehead atoms. The Morgan fingerprint density at radius 2 is 1.76 bits per heavy atom. The van der Waals surface area contributed by atoms with Crippen molar-refractivity contribution >= 4 is 40.9 Å². The van der Waals surface area contributed by atoms with Crippen LogP contribution in [0.5, 0.6) is 0 Å². The number of rotatable bonds is 3. The van der Waals surface area contributed by atoms with Crippen molar-refractivity contribution in [2.75, 3.05) is 37.6 Å². The largest absolute Gasteiger partial charge is 0.368 e. The SMILES string of the molecule is O=C1CCC2(CC1)NC(=O)N(CC(=O)N1CCN(c3cccc(Cl)c3)CC1)C2=O. The van der Waals surface area contributed by atoms with Crippen molar-refractivity contribution in [1.82, 2.24) is 15.1 Å². The molecule has 1 saturated carbocycles. The maximum Gasteiger partial charge on any atom is 0.325 e. The van der Waals surface area contributed by atoms with Gasteiger partial charge in [0.05, 0.1) is 0 Å². The lowest BCUT2D eigenvalue weighted by molar-refractivity contribution is -0.140. The lowest BCUT2D eigenvalue weighted by Crippen LogP contribution is -2.53. The van der Waals surface area contributed by atoms with Gasteiger partial charge in [-0.2, -0.15) is 0 Å². The van der Waals surface area contributed by atoms with E-state index in [-0.39, 0.29) is 37.0 Å². The van der Waals surface area contributed by atoms with Crippen molar-refractivity contribution < 1.29 is 19.2 Å². The molecule has 9 heteroatoms. The molecule has 0 atom stereocenters. The number of Topliss-reactive ketones (excluding diaryl/α,β-unsaturated/α-hetero) is 1. The van der Waals surface area contributed by atoms with Gasteiger partial charge in [0.2, 0.25) is 5.91 Å². The fraction of sp³-hybridized carbons (Fsp3) is 0.500. The zero-order valence-electron chi connectivity index (χ0n) is 16.0. The van der Waals surface area contributed by atoms with Gasteiger partial charge in [-0.25, -0.2) is 4.79 Å². The highest BCUT2D eigenvalue weighted by Gasteiger charge is 2.52. The zero-order chi connectivity index (χ0) is 20.6. The molecular formula is C20H23ClN4O4. The van der Waals surface area contributed by atoms with Crippen LogP contribution in [0.25, 0.3) is 0 Å². The number of ketones is 1. The Balaban J connectivity index is 1.35. The Morgan fingerprint density at radius 1 is 1.07 bits per heavy atom.